The van der Waals surface area contributed by atoms with Crippen LogP contribution in [0.2, 0.25) is 0 Å². The third kappa shape index (κ3) is 4.13. The number of benzene rings is 1. The van der Waals surface area contributed by atoms with Crippen molar-refractivity contribution in [3.8, 4) is 6.07 Å². The molecule has 0 bridgehead atoms. The summed E-state index contributed by atoms with van der Waals surface area (Å²) in [6.07, 6.45) is 3.58. The zero-order valence-corrected chi connectivity index (χ0v) is 16.4. The van der Waals surface area contributed by atoms with Crippen LogP contribution in [0.3, 0.4) is 0 Å². The van der Waals surface area contributed by atoms with Crippen LogP contribution >= 0.6 is 11.8 Å². The number of nitrogens with zero attached hydrogens (tertiary/aromatic N) is 3. The van der Waals surface area contributed by atoms with E-state index in [0.717, 1.165) is 22.2 Å². The van der Waals surface area contributed by atoms with Crippen molar-refractivity contribution in [3.63, 3.8) is 0 Å². The van der Waals surface area contributed by atoms with Gasteiger partial charge in [0.2, 0.25) is 0 Å². The minimum absolute atomic E-state index is 0.515. The van der Waals surface area contributed by atoms with E-state index >= 15 is 0 Å². The third-order valence-corrected chi connectivity index (χ3v) is 6.05. The van der Waals surface area contributed by atoms with Gasteiger partial charge in [0.25, 0.3) is 0 Å². The van der Waals surface area contributed by atoms with Crippen LogP contribution in [0.15, 0.2) is 23.2 Å². The molecule has 130 valence electrons. The zero-order chi connectivity index (χ0) is 17.7. The lowest BCUT2D eigenvalue weighted by atomic mass is 9.97. The van der Waals surface area contributed by atoms with E-state index in [4.69, 9.17) is 10.3 Å². The Morgan fingerprint density at radius 3 is 2.71 bits per heavy atom. The van der Waals surface area contributed by atoms with Crippen molar-refractivity contribution in [2.45, 2.75) is 66.0 Å². The van der Waals surface area contributed by atoms with Gasteiger partial charge in [0, 0.05) is 17.8 Å². The molecule has 0 saturated carbocycles. The van der Waals surface area contributed by atoms with Gasteiger partial charge in [-0.25, -0.2) is 4.99 Å². The van der Waals surface area contributed by atoms with Gasteiger partial charge in [-0.2, -0.15) is 5.26 Å². The highest BCUT2D eigenvalue weighted by Gasteiger charge is 2.36. The predicted molar refractivity (Wildman–Crippen MR) is 105 cm³/mol. The number of amidine groups is 1. The Morgan fingerprint density at radius 2 is 2.12 bits per heavy atom. The van der Waals surface area contributed by atoms with Crippen LogP contribution < -0.4 is 0 Å². The molecule has 2 rings (SSSR count). The van der Waals surface area contributed by atoms with Gasteiger partial charge in [-0.1, -0.05) is 45.4 Å². The predicted octanol–water partition coefficient (Wildman–Crippen LogP) is 5.51. The summed E-state index contributed by atoms with van der Waals surface area (Å²) in [5.74, 6) is 1.79. The fourth-order valence-electron chi connectivity index (χ4n) is 3.28. The Kier molecular flexibility index (Phi) is 6.74. The minimum Gasteiger partial charge on any atom is -0.344 e. The molecule has 3 nitrogen and oxygen atoms in total. The molecule has 0 aromatic heterocycles. The van der Waals surface area contributed by atoms with Gasteiger partial charge < -0.3 is 4.90 Å². The molecule has 1 fully saturated rings. The summed E-state index contributed by atoms with van der Waals surface area (Å²) in [5, 5.41) is 10.2. The second kappa shape index (κ2) is 8.58. The van der Waals surface area contributed by atoms with Crippen molar-refractivity contribution in [3.05, 3.63) is 29.3 Å². The average Bonchev–Trinajstić information content (AvgIpc) is 2.99. The summed E-state index contributed by atoms with van der Waals surface area (Å²) >= 11 is 1.88. The first kappa shape index (κ1) is 18.9. The van der Waals surface area contributed by atoms with Gasteiger partial charge in [0.05, 0.1) is 17.3 Å². The first-order valence-electron chi connectivity index (χ1n) is 9.02. The number of aliphatic imine (C=N–C) groups is 1. The van der Waals surface area contributed by atoms with Crippen molar-refractivity contribution in [1.82, 2.24) is 4.90 Å². The number of hydrogen-bond donors (Lipinski definition) is 0. The Hall–Kier alpha value is -1.47. The van der Waals surface area contributed by atoms with Gasteiger partial charge in [-0.15, -0.1) is 0 Å². The van der Waals surface area contributed by atoms with Crippen molar-refractivity contribution in [2.24, 2.45) is 10.9 Å². The third-order valence-electron chi connectivity index (χ3n) is 4.99. The summed E-state index contributed by atoms with van der Waals surface area (Å²) < 4.78 is 0. The van der Waals surface area contributed by atoms with Crippen molar-refractivity contribution in [1.29, 1.82) is 5.26 Å². The molecule has 1 aromatic rings. The summed E-state index contributed by atoms with van der Waals surface area (Å²) in [5.41, 5.74) is 2.75. The normalized spacial score (nSPS) is 21.8. The van der Waals surface area contributed by atoms with E-state index < -0.39 is 0 Å². The van der Waals surface area contributed by atoms with Gasteiger partial charge in [-0.3, -0.25) is 0 Å². The molecule has 4 heteroatoms. The molecule has 1 aromatic carbocycles. The molecule has 1 aliphatic rings. The zero-order valence-electron chi connectivity index (χ0n) is 15.5. The summed E-state index contributed by atoms with van der Waals surface area (Å²) in [7, 11) is 0. The van der Waals surface area contributed by atoms with Crippen molar-refractivity contribution >= 4 is 22.6 Å². The number of hydrogen-bond acceptors (Lipinski definition) is 3. The molecule has 1 saturated heterocycles. The van der Waals surface area contributed by atoms with Crippen LogP contribution in [0.1, 0.15) is 58.1 Å². The van der Waals surface area contributed by atoms with Crippen LogP contribution in [0.25, 0.3) is 0 Å². The maximum Gasteiger partial charge on any atom is 0.165 e. The summed E-state index contributed by atoms with van der Waals surface area (Å²) in [6, 6.07) is 9.04. The van der Waals surface area contributed by atoms with Crippen molar-refractivity contribution < 1.29 is 0 Å². The number of rotatable bonds is 6. The van der Waals surface area contributed by atoms with Crippen LogP contribution in [0.4, 0.5) is 5.69 Å². The standard InChI is InChI=1S/C20H29N3S/c1-6-8-16(5)23-19(14(3)7-2)13-24-20(23)22-18-10-9-17(12-21)11-15(18)4/h9-11,14,16,19H,6-8,13H2,1-5H3/t14?,16?,19-/m1/s1. The lowest BCUT2D eigenvalue weighted by Gasteiger charge is -2.35. The summed E-state index contributed by atoms with van der Waals surface area (Å²) in [6.45, 7) is 11.2. The number of nitriles is 1. The smallest absolute Gasteiger partial charge is 0.165 e. The summed E-state index contributed by atoms with van der Waals surface area (Å²) in [4.78, 5) is 7.54. The molecular weight excluding hydrogens is 314 g/mol. The maximum atomic E-state index is 9.04. The van der Waals surface area contributed by atoms with E-state index in [1.54, 1.807) is 0 Å². The van der Waals surface area contributed by atoms with Gasteiger partial charge in [0.1, 0.15) is 0 Å². The minimum atomic E-state index is 0.515. The van der Waals surface area contributed by atoms with E-state index in [-0.39, 0.29) is 0 Å². The van der Waals surface area contributed by atoms with Crippen LogP contribution in [-0.2, 0) is 0 Å². The molecule has 0 spiro atoms. The van der Waals surface area contributed by atoms with E-state index in [1.165, 1.54) is 19.3 Å². The second-order valence-corrected chi connectivity index (χ2v) is 7.80. The Bertz CT molecular complexity index is 632. The quantitative estimate of drug-likeness (QED) is 0.684. The molecule has 0 N–H and O–H groups in total. The van der Waals surface area contributed by atoms with E-state index in [9.17, 15) is 0 Å². The average molecular weight is 344 g/mol. The van der Waals surface area contributed by atoms with E-state index in [2.05, 4.69) is 38.7 Å². The highest BCUT2D eigenvalue weighted by atomic mass is 32.2. The van der Waals surface area contributed by atoms with Gasteiger partial charge in [0.15, 0.2) is 5.17 Å². The number of aryl methyl sites for hydroxylation is 1. The number of thioether (sulfide) groups is 1. The van der Waals surface area contributed by atoms with Crippen molar-refractivity contribution in [2.75, 3.05) is 5.75 Å². The van der Waals surface area contributed by atoms with Gasteiger partial charge in [-0.05, 0) is 49.9 Å². The lowest BCUT2D eigenvalue weighted by Crippen LogP contribution is -2.44. The SMILES string of the molecule is CCCC(C)N1C(=Nc2ccc(C#N)cc2C)SC[C@@H]1C(C)CC. The van der Waals surface area contributed by atoms with E-state index in [1.807, 2.05) is 36.9 Å². The maximum absolute atomic E-state index is 9.04. The molecular formula is C20H29N3S. The first-order chi connectivity index (χ1) is 11.5. The second-order valence-electron chi connectivity index (χ2n) is 6.82. The molecule has 0 radical (unpaired) electrons. The highest BCUT2D eigenvalue weighted by molar-refractivity contribution is 8.14. The molecule has 2 unspecified atom stereocenters. The molecule has 1 heterocycles. The topological polar surface area (TPSA) is 39.4 Å². The van der Waals surface area contributed by atoms with E-state index in [0.29, 0.717) is 23.6 Å². The molecule has 24 heavy (non-hydrogen) atoms. The fraction of sp³-hybridized carbons (Fsp3) is 0.600. The molecule has 3 atom stereocenters. The van der Waals surface area contributed by atoms with Crippen LogP contribution in [0, 0.1) is 24.2 Å². The van der Waals surface area contributed by atoms with Crippen LogP contribution in [0.5, 0.6) is 0 Å². The Morgan fingerprint density at radius 1 is 1.38 bits per heavy atom. The first-order valence-corrected chi connectivity index (χ1v) is 10.0. The lowest BCUT2D eigenvalue weighted by molar-refractivity contribution is 0.209. The fourth-order valence-corrected chi connectivity index (χ4v) is 4.72. The molecule has 0 aliphatic carbocycles. The van der Waals surface area contributed by atoms with Crippen LogP contribution in [-0.4, -0.2) is 27.9 Å². The monoisotopic (exact) mass is 343 g/mol. The Labute approximate surface area is 151 Å². The molecule has 1 aliphatic heterocycles. The molecule has 0 amide bonds. The highest BCUT2D eigenvalue weighted by Crippen LogP contribution is 2.35. The van der Waals surface area contributed by atoms with Gasteiger partial charge >= 0.3 is 0 Å². The largest absolute Gasteiger partial charge is 0.344 e. The Balaban J connectivity index is 2.34.